The number of aromatic nitrogens is 3. The Balaban J connectivity index is 1.54. The average Bonchev–Trinajstić information content (AvgIpc) is 3.32. The lowest BCUT2D eigenvalue weighted by atomic mass is 9.87. The molecular formula is C20H20Cl2N4O2. The van der Waals surface area contributed by atoms with Crippen molar-refractivity contribution in [3.63, 3.8) is 0 Å². The van der Waals surface area contributed by atoms with Crippen LogP contribution < -0.4 is 10.5 Å². The highest BCUT2D eigenvalue weighted by molar-refractivity contribution is 6.35. The van der Waals surface area contributed by atoms with Gasteiger partial charge >= 0.3 is 0 Å². The van der Waals surface area contributed by atoms with Crippen molar-refractivity contribution in [2.24, 2.45) is 5.92 Å². The van der Waals surface area contributed by atoms with E-state index in [-0.39, 0.29) is 5.92 Å². The van der Waals surface area contributed by atoms with Crippen molar-refractivity contribution in [2.75, 3.05) is 18.9 Å². The van der Waals surface area contributed by atoms with Crippen molar-refractivity contribution in [1.82, 2.24) is 14.8 Å². The molecular weight excluding hydrogens is 399 g/mol. The minimum atomic E-state index is -0.621. The molecule has 0 bridgehead atoms. The summed E-state index contributed by atoms with van der Waals surface area (Å²) in [5.41, 5.74) is 6.70. The molecule has 1 aromatic heterocycles. The SMILES string of the molecule is Nc1ccc(OCC2COC(Cn3cncn3)(c3ccc(Cl)cc3Cl)C2)cc1. The van der Waals surface area contributed by atoms with Crippen LogP contribution in [-0.2, 0) is 16.9 Å². The first kappa shape index (κ1) is 19.1. The fraction of sp³-hybridized carbons (Fsp3) is 0.300. The Hall–Kier alpha value is -2.28. The van der Waals surface area contributed by atoms with Gasteiger partial charge in [0, 0.05) is 27.2 Å². The van der Waals surface area contributed by atoms with Gasteiger partial charge in [0.1, 0.15) is 24.0 Å². The molecule has 6 nitrogen and oxygen atoms in total. The van der Waals surface area contributed by atoms with Crippen LogP contribution in [0, 0.1) is 5.92 Å². The molecule has 146 valence electrons. The zero-order valence-electron chi connectivity index (χ0n) is 15.1. The monoisotopic (exact) mass is 418 g/mol. The van der Waals surface area contributed by atoms with Crippen LogP contribution in [0.4, 0.5) is 5.69 Å². The predicted octanol–water partition coefficient (Wildman–Crippen LogP) is 4.18. The van der Waals surface area contributed by atoms with E-state index in [1.54, 1.807) is 17.1 Å². The molecule has 4 rings (SSSR count). The third kappa shape index (κ3) is 4.09. The number of halogens is 2. The molecule has 2 aromatic carbocycles. The number of hydrogen-bond donors (Lipinski definition) is 1. The van der Waals surface area contributed by atoms with Gasteiger partial charge in [0.05, 0.1) is 19.8 Å². The van der Waals surface area contributed by atoms with Gasteiger partial charge in [-0.15, -0.1) is 0 Å². The van der Waals surface area contributed by atoms with Crippen molar-refractivity contribution >= 4 is 28.9 Å². The van der Waals surface area contributed by atoms with E-state index in [1.165, 1.54) is 6.33 Å². The minimum Gasteiger partial charge on any atom is -0.493 e. The largest absolute Gasteiger partial charge is 0.493 e. The summed E-state index contributed by atoms with van der Waals surface area (Å²) >= 11 is 12.6. The number of hydrogen-bond acceptors (Lipinski definition) is 5. The maximum atomic E-state index is 6.52. The lowest BCUT2D eigenvalue weighted by Crippen LogP contribution is -2.32. The van der Waals surface area contributed by atoms with Gasteiger partial charge < -0.3 is 15.2 Å². The lowest BCUT2D eigenvalue weighted by molar-refractivity contribution is -0.0179. The quantitative estimate of drug-likeness (QED) is 0.607. The summed E-state index contributed by atoms with van der Waals surface area (Å²) < 4.78 is 14.0. The molecule has 2 unspecified atom stereocenters. The van der Waals surface area contributed by atoms with Gasteiger partial charge in [-0.05, 0) is 42.8 Å². The molecule has 28 heavy (non-hydrogen) atoms. The summed E-state index contributed by atoms with van der Waals surface area (Å²) in [6.07, 6.45) is 3.92. The Morgan fingerprint density at radius 2 is 2.04 bits per heavy atom. The number of benzene rings is 2. The van der Waals surface area contributed by atoms with Gasteiger partial charge in [0.2, 0.25) is 0 Å². The highest BCUT2D eigenvalue weighted by Gasteiger charge is 2.44. The molecule has 1 aliphatic rings. The molecule has 0 spiro atoms. The maximum Gasteiger partial charge on any atom is 0.137 e. The van der Waals surface area contributed by atoms with Crippen molar-refractivity contribution in [2.45, 2.75) is 18.6 Å². The predicted molar refractivity (Wildman–Crippen MR) is 109 cm³/mol. The average molecular weight is 419 g/mol. The van der Waals surface area contributed by atoms with E-state index in [1.807, 2.05) is 36.4 Å². The molecule has 2 N–H and O–H groups in total. The lowest BCUT2D eigenvalue weighted by Gasteiger charge is -2.30. The summed E-state index contributed by atoms with van der Waals surface area (Å²) in [5, 5.41) is 5.40. The summed E-state index contributed by atoms with van der Waals surface area (Å²) in [6.45, 7) is 1.60. The van der Waals surface area contributed by atoms with Crippen LogP contribution in [0.1, 0.15) is 12.0 Å². The van der Waals surface area contributed by atoms with E-state index < -0.39 is 5.60 Å². The third-order valence-corrected chi connectivity index (χ3v) is 5.43. The molecule has 2 atom stereocenters. The smallest absolute Gasteiger partial charge is 0.137 e. The standard InChI is InChI=1S/C20H20Cl2N4O2/c21-15-1-6-18(19(22)7-15)20(11-26-13-24-12-25-26)8-14(10-28-20)9-27-17-4-2-16(23)3-5-17/h1-7,12-14H,8-11,23H2. The molecule has 0 radical (unpaired) electrons. The molecule has 1 fully saturated rings. The first-order valence-corrected chi connectivity index (χ1v) is 9.70. The number of rotatable bonds is 6. The number of nitrogens with two attached hydrogens (primary N) is 1. The van der Waals surface area contributed by atoms with Gasteiger partial charge in [-0.25, -0.2) is 9.67 Å². The fourth-order valence-electron chi connectivity index (χ4n) is 3.56. The van der Waals surface area contributed by atoms with Crippen molar-refractivity contribution in [3.05, 3.63) is 70.7 Å². The summed E-state index contributed by atoms with van der Waals surface area (Å²) in [6, 6.07) is 12.9. The maximum absolute atomic E-state index is 6.52. The molecule has 1 aliphatic heterocycles. The van der Waals surface area contributed by atoms with Crippen molar-refractivity contribution in [1.29, 1.82) is 0 Å². The highest BCUT2D eigenvalue weighted by atomic mass is 35.5. The van der Waals surface area contributed by atoms with Gasteiger partial charge in [-0.3, -0.25) is 0 Å². The molecule has 2 heterocycles. The van der Waals surface area contributed by atoms with E-state index in [0.29, 0.717) is 35.5 Å². The van der Waals surface area contributed by atoms with E-state index in [2.05, 4.69) is 10.1 Å². The zero-order valence-corrected chi connectivity index (χ0v) is 16.6. The molecule has 8 heteroatoms. The topological polar surface area (TPSA) is 75.2 Å². The third-order valence-electron chi connectivity index (χ3n) is 4.89. The molecule has 0 saturated carbocycles. The zero-order chi connectivity index (χ0) is 19.6. The van der Waals surface area contributed by atoms with E-state index in [4.69, 9.17) is 38.4 Å². The summed E-state index contributed by atoms with van der Waals surface area (Å²) in [7, 11) is 0. The van der Waals surface area contributed by atoms with E-state index in [0.717, 1.165) is 17.7 Å². The van der Waals surface area contributed by atoms with Gasteiger partial charge in [0.15, 0.2) is 0 Å². The van der Waals surface area contributed by atoms with Crippen LogP contribution in [0.2, 0.25) is 10.0 Å². The van der Waals surface area contributed by atoms with Crippen LogP contribution in [0.3, 0.4) is 0 Å². The number of nitrogen functional groups attached to an aromatic ring is 1. The van der Waals surface area contributed by atoms with Crippen LogP contribution in [-0.4, -0.2) is 28.0 Å². The Morgan fingerprint density at radius 1 is 1.21 bits per heavy atom. The number of anilines is 1. The summed E-state index contributed by atoms with van der Waals surface area (Å²) in [4.78, 5) is 4.03. The minimum absolute atomic E-state index is 0.202. The molecule has 0 aliphatic carbocycles. The Kier molecular flexibility index (Phi) is 5.44. The normalized spacial score (nSPS) is 21.7. The van der Waals surface area contributed by atoms with E-state index in [9.17, 15) is 0 Å². The van der Waals surface area contributed by atoms with Gasteiger partial charge in [-0.1, -0.05) is 29.3 Å². The van der Waals surface area contributed by atoms with Crippen LogP contribution >= 0.6 is 23.2 Å². The number of nitrogens with zero attached hydrogens (tertiary/aromatic N) is 3. The fourth-order valence-corrected chi connectivity index (χ4v) is 4.15. The van der Waals surface area contributed by atoms with Crippen LogP contribution in [0.25, 0.3) is 0 Å². The van der Waals surface area contributed by atoms with Gasteiger partial charge in [-0.2, -0.15) is 5.10 Å². The first-order chi connectivity index (χ1) is 13.5. The second-order valence-corrected chi connectivity index (χ2v) is 7.82. The summed E-state index contributed by atoms with van der Waals surface area (Å²) in [5.74, 6) is 0.986. The Labute approximate surface area is 173 Å². The van der Waals surface area contributed by atoms with Crippen LogP contribution in [0.15, 0.2) is 55.1 Å². The highest BCUT2D eigenvalue weighted by Crippen LogP contribution is 2.44. The molecule has 3 aromatic rings. The first-order valence-electron chi connectivity index (χ1n) is 8.94. The Morgan fingerprint density at radius 3 is 2.75 bits per heavy atom. The van der Waals surface area contributed by atoms with Crippen LogP contribution in [0.5, 0.6) is 5.75 Å². The second kappa shape index (κ2) is 7.99. The van der Waals surface area contributed by atoms with Crippen molar-refractivity contribution < 1.29 is 9.47 Å². The van der Waals surface area contributed by atoms with E-state index >= 15 is 0 Å². The van der Waals surface area contributed by atoms with Crippen molar-refractivity contribution in [3.8, 4) is 5.75 Å². The van der Waals surface area contributed by atoms with Gasteiger partial charge in [0.25, 0.3) is 0 Å². The molecule has 0 amide bonds. The number of ether oxygens (including phenoxy) is 2. The second-order valence-electron chi connectivity index (χ2n) is 6.97. The molecule has 1 saturated heterocycles. The Bertz CT molecular complexity index is 934.